The van der Waals surface area contributed by atoms with Crippen molar-refractivity contribution in [2.45, 2.75) is 44.8 Å². The molecule has 2 nitrogen and oxygen atoms in total. The summed E-state index contributed by atoms with van der Waals surface area (Å²) in [4.78, 5) is 0. The van der Waals surface area contributed by atoms with E-state index in [9.17, 15) is 5.11 Å². The number of hydrogen-bond donors (Lipinski definition) is 1. The molecule has 1 saturated carbocycles. The van der Waals surface area contributed by atoms with Gasteiger partial charge in [0.15, 0.2) is 0 Å². The van der Waals surface area contributed by atoms with E-state index in [1.807, 2.05) is 25.1 Å². The Bertz CT molecular complexity index is 357. The first-order valence-electron chi connectivity index (χ1n) is 5.76. The zero-order valence-corrected chi connectivity index (χ0v) is 10.2. The van der Waals surface area contributed by atoms with Gasteiger partial charge in [-0.15, -0.1) is 0 Å². The highest BCUT2D eigenvalue weighted by molar-refractivity contribution is 6.32. The Balaban J connectivity index is 1.98. The molecule has 2 rings (SSSR count). The molecule has 1 aromatic rings. The SMILES string of the molecule is Cc1ccc(O[C@H]2CC[C@@H](O)CC2)c(Cl)c1. The monoisotopic (exact) mass is 240 g/mol. The summed E-state index contributed by atoms with van der Waals surface area (Å²) >= 11 is 6.10. The summed E-state index contributed by atoms with van der Waals surface area (Å²) in [5.41, 5.74) is 1.14. The molecule has 88 valence electrons. The lowest BCUT2D eigenvalue weighted by molar-refractivity contribution is 0.0666. The Morgan fingerprint density at radius 2 is 1.94 bits per heavy atom. The predicted octanol–water partition coefficient (Wildman–Crippen LogP) is 3.33. The van der Waals surface area contributed by atoms with Crippen molar-refractivity contribution in [1.82, 2.24) is 0 Å². The highest BCUT2D eigenvalue weighted by Gasteiger charge is 2.21. The summed E-state index contributed by atoms with van der Waals surface area (Å²) in [5.74, 6) is 0.758. The Labute approximate surface area is 101 Å². The van der Waals surface area contributed by atoms with E-state index >= 15 is 0 Å². The van der Waals surface area contributed by atoms with Crippen molar-refractivity contribution in [2.24, 2.45) is 0 Å². The average molecular weight is 241 g/mol. The number of benzene rings is 1. The summed E-state index contributed by atoms with van der Waals surface area (Å²) in [6.07, 6.45) is 3.52. The molecule has 1 N–H and O–H groups in total. The molecule has 1 aliphatic rings. The van der Waals surface area contributed by atoms with Crippen molar-refractivity contribution in [1.29, 1.82) is 0 Å². The highest BCUT2D eigenvalue weighted by atomic mass is 35.5. The molecule has 3 heteroatoms. The van der Waals surface area contributed by atoms with E-state index < -0.39 is 0 Å². The molecule has 0 heterocycles. The van der Waals surface area contributed by atoms with Crippen molar-refractivity contribution < 1.29 is 9.84 Å². The van der Waals surface area contributed by atoms with Crippen LogP contribution < -0.4 is 4.74 Å². The molecule has 0 radical (unpaired) electrons. The van der Waals surface area contributed by atoms with Crippen LogP contribution in [0.2, 0.25) is 5.02 Å². The molecule has 1 aliphatic carbocycles. The van der Waals surface area contributed by atoms with Gasteiger partial charge in [-0.3, -0.25) is 0 Å². The second-order valence-electron chi connectivity index (χ2n) is 4.48. The van der Waals surface area contributed by atoms with Crippen LogP contribution in [0.4, 0.5) is 0 Å². The fourth-order valence-electron chi connectivity index (χ4n) is 2.04. The second kappa shape index (κ2) is 5.07. The van der Waals surface area contributed by atoms with Gasteiger partial charge in [0.25, 0.3) is 0 Å². The molecule has 16 heavy (non-hydrogen) atoms. The van der Waals surface area contributed by atoms with Gasteiger partial charge in [0.2, 0.25) is 0 Å². The highest BCUT2D eigenvalue weighted by Crippen LogP contribution is 2.29. The third kappa shape index (κ3) is 2.89. The van der Waals surface area contributed by atoms with E-state index in [1.54, 1.807) is 0 Å². The smallest absolute Gasteiger partial charge is 0.138 e. The maximum absolute atomic E-state index is 9.40. The van der Waals surface area contributed by atoms with Gasteiger partial charge in [-0.25, -0.2) is 0 Å². The number of halogens is 1. The number of aryl methyl sites for hydroxylation is 1. The van der Waals surface area contributed by atoms with Crippen LogP contribution in [-0.4, -0.2) is 17.3 Å². The van der Waals surface area contributed by atoms with Crippen molar-refractivity contribution in [2.75, 3.05) is 0 Å². The zero-order chi connectivity index (χ0) is 11.5. The molecule has 0 atom stereocenters. The number of rotatable bonds is 2. The lowest BCUT2D eigenvalue weighted by Crippen LogP contribution is -2.26. The molecule has 1 aromatic carbocycles. The third-order valence-electron chi connectivity index (χ3n) is 3.02. The van der Waals surface area contributed by atoms with Crippen LogP contribution in [0.1, 0.15) is 31.2 Å². The molecular formula is C13H17ClO2. The summed E-state index contributed by atoms with van der Waals surface area (Å²) in [5, 5.41) is 10.1. The summed E-state index contributed by atoms with van der Waals surface area (Å²) in [6.45, 7) is 2.01. The van der Waals surface area contributed by atoms with Gasteiger partial charge in [-0.1, -0.05) is 17.7 Å². The molecule has 0 aliphatic heterocycles. The van der Waals surface area contributed by atoms with Gasteiger partial charge in [0.1, 0.15) is 5.75 Å². The maximum atomic E-state index is 9.40. The Morgan fingerprint density at radius 1 is 1.25 bits per heavy atom. The first-order chi connectivity index (χ1) is 7.65. The van der Waals surface area contributed by atoms with Crippen LogP contribution in [0.3, 0.4) is 0 Å². The Kier molecular flexibility index (Phi) is 3.72. The Hall–Kier alpha value is -0.730. The summed E-state index contributed by atoms with van der Waals surface area (Å²) in [6, 6.07) is 5.83. The fraction of sp³-hybridized carbons (Fsp3) is 0.538. The zero-order valence-electron chi connectivity index (χ0n) is 9.45. The molecule has 0 amide bonds. The van der Waals surface area contributed by atoms with Gasteiger partial charge in [0.05, 0.1) is 17.2 Å². The van der Waals surface area contributed by atoms with Gasteiger partial charge in [-0.2, -0.15) is 0 Å². The number of aliphatic hydroxyl groups is 1. The normalized spacial score (nSPS) is 25.4. The number of ether oxygens (including phenoxy) is 1. The topological polar surface area (TPSA) is 29.5 Å². The van der Waals surface area contributed by atoms with Crippen LogP contribution in [0.25, 0.3) is 0 Å². The minimum Gasteiger partial charge on any atom is -0.489 e. The van der Waals surface area contributed by atoms with Gasteiger partial charge in [-0.05, 0) is 50.3 Å². The van der Waals surface area contributed by atoms with E-state index in [1.165, 1.54) is 0 Å². The summed E-state index contributed by atoms with van der Waals surface area (Å²) in [7, 11) is 0. The Morgan fingerprint density at radius 3 is 2.56 bits per heavy atom. The molecule has 0 bridgehead atoms. The maximum Gasteiger partial charge on any atom is 0.138 e. The van der Waals surface area contributed by atoms with E-state index in [0.29, 0.717) is 5.02 Å². The van der Waals surface area contributed by atoms with Crippen molar-refractivity contribution in [3.8, 4) is 5.75 Å². The lowest BCUT2D eigenvalue weighted by Gasteiger charge is -2.26. The van der Waals surface area contributed by atoms with Crippen molar-refractivity contribution >= 4 is 11.6 Å². The van der Waals surface area contributed by atoms with Gasteiger partial charge in [0, 0.05) is 0 Å². The molecule has 0 saturated heterocycles. The molecule has 1 fully saturated rings. The van der Waals surface area contributed by atoms with Crippen LogP contribution in [0.5, 0.6) is 5.75 Å². The summed E-state index contributed by atoms with van der Waals surface area (Å²) < 4.78 is 5.85. The van der Waals surface area contributed by atoms with Crippen LogP contribution >= 0.6 is 11.6 Å². The van der Waals surface area contributed by atoms with Crippen molar-refractivity contribution in [3.63, 3.8) is 0 Å². The minimum absolute atomic E-state index is 0.145. The average Bonchev–Trinajstić information content (AvgIpc) is 2.25. The molecule has 0 unspecified atom stereocenters. The van der Waals surface area contributed by atoms with E-state index in [2.05, 4.69) is 0 Å². The van der Waals surface area contributed by atoms with Crippen LogP contribution in [-0.2, 0) is 0 Å². The predicted molar refractivity (Wildman–Crippen MR) is 65.1 cm³/mol. The van der Waals surface area contributed by atoms with Gasteiger partial charge < -0.3 is 9.84 Å². The fourth-order valence-corrected chi connectivity index (χ4v) is 2.32. The number of aliphatic hydroxyl groups excluding tert-OH is 1. The van der Waals surface area contributed by atoms with E-state index in [4.69, 9.17) is 16.3 Å². The molecule has 0 aromatic heterocycles. The van der Waals surface area contributed by atoms with Crippen LogP contribution in [0.15, 0.2) is 18.2 Å². The third-order valence-corrected chi connectivity index (χ3v) is 3.32. The molecule has 0 spiro atoms. The van der Waals surface area contributed by atoms with E-state index in [-0.39, 0.29) is 12.2 Å². The number of hydrogen-bond acceptors (Lipinski definition) is 2. The minimum atomic E-state index is -0.145. The molecular weight excluding hydrogens is 224 g/mol. The largest absolute Gasteiger partial charge is 0.489 e. The second-order valence-corrected chi connectivity index (χ2v) is 4.89. The first kappa shape index (κ1) is 11.7. The van der Waals surface area contributed by atoms with E-state index in [0.717, 1.165) is 37.0 Å². The standard InChI is InChI=1S/C13H17ClO2/c1-9-2-7-13(12(14)8-9)16-11-5-3-10(15)4-6-11/h2,7-8,10-11,15H,3-6H2,1H3/t10-,11+. The van der Waals surface area contributed by atoms with Crippen LogP contribution in [0, 0.1) is 6.92 Å². The lowest BCUT2D eigenvalue weighted by atomic mass is 9.95. The van der Waals surface area contributed by atoms with Crippen molar-refractivity contribution in [3.05, 3.63) is 28.8 Å². The van der Waals surface area contributed by atoms with Gasteiger partial charge >= 0.3 is 0 Å². The quantitative estimate of drug-likeness (QED) is 0.859. The first-order valence-corrected chi connectivity index (χ1v) is 6.14.